The Morgan fingerprint density at radius 3 is 2.69 bits per heavy atom. The fourth-order valence-corrected chi connectivity index (χ4v) is 1.40. The van der Waals surface area contributed by atoms with Gasteiger partial charge in [-0.25, -0.2) is 4.39 Å². The van der Waals surface area contributed by atoms with E-state index in [2.05, 4.69) is 36.6 Å². The molecule has 16 heavy (non-hydrogen) atoms. The van der Waals surface area contributed by atoms with Crippen LogP contribution in [0, 0.1) is 0 Å². The van der Waals surface area contributed by atoms with E-state index in [1.54, 1.807) is 24.3 Å². The van der Waals surface area contributed by atoms with Gasteiger partial charge in [0.2, 0.25) is 5.82 Å². The zero-order chi connectivity index (χ0) is 11.4. The number of rotatable bonds is 4. The van der Waals surface area contributed by atoms with Crippen molar-refractivity contribution >= 4 is 15.9 Å². The molecule has 1 aromatic carbocycles. The summed E-state index contributed by atoms with van der Waals surface area (Å²) in [6.07, 6.45) is -0.833. The van der Waals surface area contributed by atoms with Crippen LogP contribution in [0.5, 0.6) is 5.75 Å². The molecule has 0 radical (unpaired) electrons. The zero-order valence-electron chi connectivity index (χ0n) is 8.10. The highest BCUT2D eigenvalue weighted by Gasteiger charge is 2.17. The highest BCUT2D eigenvalue weighted by atomic mass is 79.9. The van der Waals surface area contributed by atoms with Gasteiger partial charge in [0.05, 0.1) is 0 Å². The second-order valence-corrected chi connectivity index (χ2v) is 3.90. The minimum atomic E-state index is -0.833. The number of halogens is 2. The van der Waals surface area contributed by atoms with E-state index in [1.807, 2.05) is 0 Å². The number of alkyl halides is 1. The molecule has 0 saturated heterocycles. The second-order valence-electron chi connectivity index (χ2n) is 2.98. The standard InChI is InChI=1S/C9H8BrFN4O/c10-6-1-3-7(4-2-6)16-8(5-11)9-12-14-15-13-9/h1-4,8H,5H2,(H,12,13,14,15). The Bertz CT molecular complexity index is 433. The molecule has 0 fully saturated rings. The van der Waals surface area contributed by atoms with Crippen molar-refractivity contribution in [3.63, 3.8) is 0 Å². The van der Waals surface area contributed by atoms with Gasteiger partial charge in [-0.3, -0.25) is 0 Å². The van der Waals surface area contributed by atoms with Gasteiger partial charge in [-0.15, -0.1) is 10.2 Å². The van der Waals surface area contributed by atoms with Gasteiger partial charge in [0.25, 0.3) is 0 Å². The molecule has 0 saturated carbocycles. The molecule has 0 amide bonds. The summed E-state index contributed by atoms with van der Waals surface area (Å²) in [4.78, 5) is 0. The van der Waals surface area contributed by atoms with Gasteiger partial charge < -0.3 is 4.74 Å². The third kappa shape index (κ3) is 2.54. The number of ether oxygens (including phenoxy) is 1. The smallest absolute Gasteiger partial charge is 0.217 e. The maximum Gasteiger partial charge on any atom is 0.217 e. The summed E-state index contributed by atoms with van der Waals surface area (Å²) in [6.45, 7) is -0.713. The molecular weight excluding hydrogens is 279 g/mol. The van der Waals surface area contributed by atoms with Crippen molar-refractivity contribution in [2.75, 3.05) is 6.67 Å². The molecule has 0 bridgehead atoms. The number of hydrogen-bond donors (Lipinski definition) is 1. The number of H-pyrrole nitrogens is 1. The first-order valence-corrected chi connectivity index (χ1v) is 5.30. The lowest BCUT2D eigenvalue weighted by Crippen LogP contribution is -2.11. The van der Waals surface area contributed by atoms with Crippen LogP contribution in [0.4, 0.5) is 4.39 Å². The van der Waals surface area contributed by atoms with Gasteiger partial charge in [0, 0.05) is 4.47 Å². The van der Waals surface area contributed by atoms with Crippen LogP contribution < -0.4 is 4.74 Å². The van der Waals surface area contributed by atoms with Gasteiger partial charge in [-0.05, 0) is 24.3 Å². The zero-order valence-corrected chi connectivity index (χ0v) is 9.69. The Morgan fingerprint density at radius 1 is 1.38 bits per heavy atom. The maximum absolute atomic E-state index is 12.7. The Kier molecular flexibility index (Phi) is 3.45. The van der Waals surface area contributed by atoms with E-state index in [4.69, 9.17) is 4.74 Å². The van der Waals surface area contributed by atoms with Crippen LogP contribution >= 0.6 is 15.9 Å². The normalized spacial score (nSPS) is 12.4. The maximum atomic E-state index is 12.7. The largest absolute Gasteiger partial charge is 0.480 e. The highest BCUT2D eigenvalue weighted by Crippen LogP contribution is 2.21. The Balaban J connectivity index is 2.10. The van der Waals surface area contributed by atoms with E-state index in [0.717, 1.165) is 4.47 Å². The van der Waals surface area contributed by atoms with Crippen LogP contribution in [0.3, 0.4) is 0 Å². The molecule has 2 rings (SSSR count). The summed E-state index contributed by atoms with van der Waals surface area (Å²) in [5.74, 6) is 0.751. The molecule has 1 atom stereocenters. The predicted octanol–water partition coefficient (Wildman–Crippen LogP) is 2.05. The van der Waals surface area contributed by atoms with Crippen LogP contribution in [-0.2, 0) is 0 Å². The topological polar surface area (TPSA) is 63.7 Å². The average Bonchev–Trinajstić information content (AvgIpc) is 2.82. The minimum Gasteiger partial charge on any atom is -0.480 e. The lowest BCUT2D eigenvalue weighted by Gasteiger charge is -2.12. The number of benzene rings is 1. The number of aromatic nitrogens is 4. The van der Waals surface area contributed by atoms with Crippen LogP contribution in [0.25, 0.3) is 0 Å². The van der Waals surface area contributed by atoms with Crippen molar-refractivity contribution in [1.29, 1.82) is 0 Å². The number of nitrogens with one attached hydrogen (secondary N) is 1. The van der Waals surface area contributed by atoms with Gasteiger partial charge >= 0.3 is 0 Å². The summed E-state index contributed by atoms with van der Waals surface area (Å²) in [5, 5.41) is 13.0. The number of nitrogens with zero attached hydrogens (tertiary/aromatic N) is 3. The van der Waals surface area contributed by atoms with Crippen LogP contribution in [0.15, 0.2) is 28.7 Å². The van der Waals surface area contributed by atoms with Crippen molar-refractivity contribution in [3.8, 4) is 5.75 Å². The molecular formula is C9H8BrFN4O. The second kappa shape index (κ2) is 5.02. The summed E-state index contributed by atoms with van der Waals surface area (Å²) in [7, 11) is 0. The van der Waals surface area contributed by atoms with E-state index >= 15 is 0 Å². The SMILES string of the molecule is FCC(Oc1ccc(Br)cc1)c1nn[nH]n1. The summed E-state index contributed by atoms with van der Waals surface area (Å²) >= 11 is 3.30. The third-order valence-electron chi connectivity index (χ3n) is 1.88. The van der Waals surface area contributed by atoms with Gasteiger partial charge in [-0.2, -0.15) is 5.21 Å². The molecule has 0 aliphatic heterocycles. The lowest BCUT2D eigenvalue weighted by atomic mass is 10.3. The van der Waals surface area contributed by atoms with Crippen LogP contribution in [0.2, 0.25) is 0 Å². The van der Waals surface area contributed by atoms with E-state index < -0.39 is 12.8 Å². The number of hydrogen-bond acceptors (Lipinski definition) is 4. The molecule has 1 aromatic heterocycles. The molecule has 1 unspecified atom stereocenters. The molecule has 1 heterocycles. The van der Waals surface area contributed by atoms with Crippen molar-refractivity contribution < 1.29 is 9.13 Å². The lowest BCUT2D eigenvalue weighted by molar-refractivity contribution is 0.158. The van der Waals surface area contributed by atoms with E-state index in [1.165, 1.54) is 0 Å². The molecule has 84 valence electrons. The Morgan fingerprint density at radius 2 is 2.12 bits per heavy atom. The van der Waals surface area contributed by atoms with Gasteiger partial charge in [0.15, 0.2) is 6.10 Å². The summed E-state index contributed by atoms with van der Waals surface area (Å²) in [6, 6.07) is 7.07. The molecule has 2 aromatic rings. The van der Waals surface area contributed by atoms with Crippen molar-refractivity contribution in [2.24, 2.45) is 0 Å². The van der Waals surface area contributed by atoms with E-state index in [9.17, 15) is 4.39 Å². The van der Waals surface area contributed by atoms with Crippen molar-refractivity contribution in [3.05, 3.63) is 34.6 Å². The highest BCUT2D eigenvalue weighted by molar-refractivity contribution is 9.10. The number of tetrazole rings is 1. The first kappa shape index (κ1) is 11.0. The van der Waals surface area contributed by atoms with E-state index in [-0.39, 0.29) is 5.82 Å². The monoisotopic (exact) mass is 286 g/mol. The Labute approximate surface area is 99.1 Å². The first-order chi connectivity index (χ1) is 7.79. The molecule has 0 spiro atoms. The predicted molar refractivity (Wildman–Crippen MR) is 57.7 cm³/mol. The average molecular weight is 287 g/mol. The Hall–Kier alpha value is -1.50. The van der Waals surface area contributed by atoms with Crippen LogP contribution in [-0.4, -0.2) is 27.3 Å². The molecule has 0 aliphatic carbocycles. The quantitative estimate of drug-likeness (QED) is 0.934. The van der Waals surface area contributed by atoms with Crippen LogP contribution in [0.1, 0.15) is 11.9 Å². The minimum absolute atomic E-state index is 0.199. The van der Waals surface area contributed by atoms with Crippen molar-refractivity contribution in [1.82, 2.24) is 20.6 Å². The molecule has 5 nitrogen and oxygen atoms in total. The summed E-state index contributed by atoms with van der Waals surface area (Å²) in [5.41, 5.74) is 0. The molecule has 7 heteroatoms. The first-order valence-electron chi connectivity index (χ1n) is 4.51. The van der Waals surface area contributed by atoms with Crippen molar-refractivity contribution in [2.45, 2.75) is 6.10 Å². The fraction of sp³-hybridized carbons (Fsp3) is 0.222. The van der Waals surface area contributed by atoms with Gasteiger partial charge in [0.1, 0.15) is 12.4 Å². The molecule has 1 N–H and O–H groups in total. The molecule has 0 aliphatic rings. The van der Waals surface area contributed by atoms with E-state index in [0.29, 0.717) is 5.75 Å². The van der Waals surface area contributed by atoms with Gasteiger partial charge in [-0.1, -0.05) is 21.1 Å². The number of aromatic amines is 1. The third-order valence-corrected chi connectivity index (χ3v) is 2.41. The summed E-state index contributed by atoms with van der Waals surface area (Å²) < 4.78 is 19.0. The fourth-order valence-electron chi connectivity index (χ4n) is 1.14.